The SMILES string of the molecule is [C-]#[N+]/C(C(=O)c1ccc(Cl)cc1)=C1\CCCN1C. The molecule has 0 atom stereocenters. The molecular weight excluding hydrogens is 248 g/mol. The number of rotatable bonds is 2. The Hall–Kier alpha value is -1.79. The number of likely N-dealkylation sites (tertiary alicyclic amines) is 1. The minimum absolute atomic E-state index is 0.217. The molecule has 1 saturated heterocycles. The molecule has 2 rings (SSSR count). The van der Waals surface area contributed by atoms with Crippen LogP contribution in [0, 0.1) is 6.57 Å². The second-order valence-electron chi connectivity index (χ2n) is 4.27. The Morgan fingerprint density at radius 3 is 2.56 bits per heavy atom. The molecule has 0 aromatic heterocycles. The van der Waals surface area contributed by atoms with Crippen LogP contribution in [0.3, 0.4) is 0 Å². The van der Waals surface area contributed by atoms with Gasteiger partial charge in [-0.1, -0.05) is 23.7 Å². The summed E-state index contributed by atoms with van der Waals surface area (Å²) < 4.78 is 0. The van der Waals surface area contributed by atoms with Gasteiger partial charge in [-0.3, -0.25) is 0 Å². The van der Waals surface area contributed by atoms with E-state index in [9.17, 15) is 4.79 Å². The van der Waals surface area contributed by atoms with Gasteiger partial charge in [0.05, 0.1) is 6.57 Å². The van der Waals surface area contributed by atoms with Gasteiger partial charge in [-0.15, -0.1) is 0 Å². The highest BCUT2D eigenvalue weighted by Gasteiger charge is 2.23. The average Bonchev–Trinajstić information content (AvgIpc) is 2.78. The summed E-state index contributed by atoms with van der Waals surface area (Å²) in [6.07, 6.45) is 1.80. The number of ketones is 1. The molecule has 0 aliphatic carbocycles. The molecule has 18 heavy (non-hydrogen) atoms. The second-order valence-corrected chi connectivity index (χ2v) is 4.70. The van der Waals surface area contributed by atoms with Crippen molar-refractivity contribution in [1.82, 2.24) is 4.90 Å². The first kappa shape index (κ1) is 12.7. The maximum atomic E-state index is 12.3. The first-order valence-corrected chi connectivity index (χ1v) is 6.13. The Bertz CT molecular complexity index is 540. The smallest absolute Gasteiger partial charge is 0.252 e. The van der Waals surface area contributed by atoms with E-state index in [0.717, 1.165) is 25.1 Å². The highest BCUT2D eigenvalue weighted by molar-refractivity contribution is 6.30. The van der Waals surface area contributed by atoms with Crippen LogP contribution < -0.4 is 0 Å². The normalized spacial score (nSPS) is 17.5. The van der Waals surface area contributed by atoms with Crippen LogP contribution in [0.4, 0.5) is 0 Å². The summed E-state index contributed by atoms with van der Waals surface area (Å²) >= 11 is 5.79. The quantitative estimate of drug-likeness (QED) is 0.463. The Labute approximate surface area is 111 Å². The van der Waals surface area contributed by atoms with Crippen LogP contribution >= 0.6 is 11.6 Å². The van der Waals surface area contributed by atoms with Crippen LogP contribution in [0.2, 0.25) is 5.02 Å². The van der Waals surface area contributed by atoms with Crippen molar-refractivity contribution >= 4 is 17.4 Å². The fourth-order valence-corrected chi connectivity index (χ4v) is 2.22. The third-order valence-electron chi connectivity index (χ3n) is 3.07. The van der Waals surface area contributed by atoms with E-state index in [1.54, 1.807) is 24.3 Å². The lowest BCUT2D eigenvalue weighted by molar-refractivity contribution is 0.103. The van der Waals surface area contributed by atoms with Crippen LogP contribution in [-0.4, -0.2) is 24.3 Å². The average molecular weight is 261 g/mol. The molecule has 4 heteroatoms. The third-order valence-corrected chi connectivity index (χ3v) is 3.33. The molecule has 92 valence electrons. The maximum absolute atomic E-state index is 12.3. The number of carbonyl (C=O) groups excluding carboxylic acids is 1. The third kappa shape index (κ3) is 2.39. The van der Waals surface area contributed by atoms with E-state index < -0.39 is 0 Å². The van der Waals surface area contributed by atoms with Gasteiger partial charge in [0.25, 0.3) is 5.70 Å². The topological polar surface area (TPSA) is 24.7 Å². The van der Waals surface area contributed by atoms with Gasteiger partial charge < -0.3 is 9.69 Å². The predicted molar refractivity (Wildman–Crippen MR) is 71.3 cm³/mol. The van der Waals surface area contributed by atoms with Crippen LogP contribution in [0.1, 0.15) is 23.2 Å². The summed E-state index contributed by atoms with van der Waals surface area (Å²) in [6, 6.07) is 6.65. The Balaban J connectivity index is 2.38. The zero-order chi connectivity index (χ0) is 13.1. The fourth-order valence-electron chi connectivity index (χ4n) is 2.09. The Morgan fingerprint density at radius 2 is 2.06 bits per heavy atom. The zero-order valence-electron chi connectivity index (χ0n) is 10.1. The highest BCUT2D eigenvalue weighted by Crippen LogP contribution is 2.25. The van der Waals surface area contributed by atoms with E-state index in [-0.39, 0.29) is 11.5 Å². The van der Waals surface area contributed by atoms with E-state index in [1.807, 2.05) is 11.9 Å². The number of carbonyl (C=O) groups is 1. The van der Waals surface area contributed by atoms with Crippen molar-refractivity contribution in [1.29, 1.82) is 0 Å². The summed E-state index contributed by atoms with van der Waals surface area (Å²) in [4.78, 5) is 17.7. The molecule has 0 saturated carbocycles. The molecule has 0 spiro atoms. The number of allylic oxidation sites excluding steroid dienone is 2. The van der Waals surface area contributed by atoms with E-state index >= 15 is 0 Å². The molecule has 0 amide bonds. The number of nitrogens with zero attached hydrogens (tertiary/aromatic N) is 2. The number of benzene rings is 1. The molecule has 1 aromatic rings. The van der Waals surface area contributed by atoms with Crippen molar-refractivity contribution in [2.75, 3.05) is 13.6 Å². The minimum Gasteiger partial charge on any atom is -0.387 e. The van der Waals surface area contributed by atoms with Crippen molar-refractivity contribution in [2.45, 2.75) is 12.8 Å². The highest BCUT2D eigenvalue weighted by atomic mass is 35.5. The van der Waals surface area contributed by atoms with Crippen molar-refractivity contribution < 1.29 is 4.79 Å². The summed E-state index contributed by atoms with van der Waals surface area (Å²) in [7, 11) is 1.92. The summed E-state index contributed by atoms with van der Waals surface area (Å²) in [5.74, 6) is -0.217. The number of Topliss-reactive ketones (excluding diaryl/α,β-unsaturated/α-hetero) is 1. The molecule has 1 heterocycles. The van der Waals surface area contributed by atoms with Crippen molar-refractivity contribution in [3.8, 4) is 0 Å². The second kappa shape index (κ2) is 5.24. The summed E-state index contributed by atoms with van der Waals surface area (Å²) in [5.41, 5.74) is 1.60. The maximum Gasteiger partial charge on any atom is 0.252 e. The molecule has 0 bridgehead atoms. The Kier molecular flexibility index (Phi) is 3.69. The molecule has 0 unspecified atom stereocenters. The lowest BCUT2D eigenvalue weighted by Gasteiger charge is -2.14. The largest absolute Gasteiger partial charge is 0.387 e. The molecule has 1 fully saturated rings. The van der Waals surface area contributed by atoms with E-state index in [1.165, 1.54) is 0 Å². The number of hydrogen-bond acceptors (Lipinski definition) is 2. The lowest BCUT2D eigenvalue weighted by Crippen LogP contribution is -2.15. The van der Waals surface area contributed by atoms with Crippen LogP contribution in [0.15, 0.2) is 35.7 Å². The van der Waals surface area contributed by atoms with Crippen molar-refractivity contribution in [3.05, 3.63) is 57.7 Å². The van der Waals surface area contributed by atoms with Crippen LogP contribution in [0.5, 0.6) is 0 Å². The minimum atomic E-state index is -0.217. The standard InChI is InChI=1S/C14H13ClN2O/c1-16-13(12-4-3-9-17(12)2)14(18)10-5-7-11(15)8-6-10/h5-8H,3-4,9H2,2H3/b13-12+. The number of halogens is 1. The monoisotopic (exact) mass is 260 g/mol. The van der Waals surface area contributed by atoms with Gasteiger partial charge in [-0.25, -0.2) is 4.85 Å². The van der Waals surface area contributed by atoms with Gasteiger partial charge >= 0.3 is 0 Å². The molecule has 0 radical (unpaired) electrons. The molecule has 1 aliphatic heterocycles. The van der Waals surface area contributed by atoms with Crippen molar-refractivity contribution in [3.63, 3.8) is 0 Å². The first-order chi connectivity index (χ1) is 8.63. The van der Waals surface area contributed by atoms with Crippen molar-refractivity contribution in [2.24, 2.45) is 0 Å². The lowest BCUT2D eigenvalue weighted by atomic mass is 10.1. The van der Waals surface area contributed by atoms with Gasteiger partial charge in [0.1, 0.15) is 0 Å². The summed E-state index contributed by atoms with van der Waals surface area (Å²) in [5, 5.41) is 0.585. The summed E-state index contributed by atoms with van der Waals surface area (Å²) in [6.45, 7) is 8.14. The van der Waals surface area contributed by atoms with Crippen LogP contribution in [-0.2, 0) is 0 Å². The molecule has 3 nitrogen and oxygen atoms in total. The van der Waals surface area contributed by atoms with Crippen LogP contribution in [0.25, 0.3) is 4.85 Å². The van der Waals surface area contributed by atoms with Gasteiger partial charge in [0.2, 0.25) is 0 Å². The van der Waals surface area contributed by atoms with E-state index in [2.05, 4.69) is 4.85 Å². The fraction of sp³-hybridized carbons (Fsp3) is 0.286. The van der Waals surface area contributed by atoms with E-state index in [0.29, 0.717) is 10.6 Å². The van der Waals surface area contributed by atoms with Gasteiger partial charge in [-0.05, 0) is 25.0 Å². The molecular formula is C14H13ClN2O. The van der Waals surface area contributed by atoms with E-state index in [4.69, 9.17) is 18.2 Å². The van der Waals surface area contributed by atoms with Gasteiger partial charge in [0.15, 0.2) is 5.78 Å². The molecule has 1 aliphatic rings. The Morgan fingerprint density at radius 1 is 1.39 bits per heavy atom. The van der Waals surface area contributed by atoms with Gasteiger partial charge in [-0.2, -0.15) is 0 Å². The predicted octanol–water partition coefficient (Wildman–Crippen LogP) is 3.38. The zero-order valence-corrected chi connectivity index (χ0v) is 10.9. The molecule has 1 aromatic carbocycles. The van der Waals surface area contributed by atoms with Gasteiger partial charge in [0, 0.05) is 29.9 Å². The molecule has 0 N–H and O–H groups in total. The first-order valence-electron chi connectivity index (χ1n) is 5.75. The number of hydrogen-bond donors (Lipinski definition) is 0.